The van der Waals surface area contributed by atoms with Crippen molar-refractivity contribution in [3.63, 3.8) is 0 Å². The SMILES string of the molecule is CC/C=C\C/C=C\C/C=C\C/C=C\C/C=C\C/C=C\C/C=C\C/C=C\CCCCCCCCC(=O)NC(COP(=O)([O-])OCC[N+](C)(C)C)C(O)/C=C/CCCCCCCCCCCCCCCCC. The zero-order valence-corrected chi connectivity index (χ0v) is 46.6. The Hall–Kier alpha value is -2.84. The van der Waals surface area contributed by atoms with Crippen molar-refractivity contribution >= 4 is 13.7 Å². The Morgan fingerprint density at radius 3 is 1.27 bits per heavy atom. The molecule has 0 aromatic rings. The molecule has 0 rings (SSSR count). The van der Waals surface area contributed by atoms with Gasteiger partial charge in [-0.2, -0.15) is 0 Å². The fourth-order valence-corrected chi connectivity index (χ4v) is 8.30. The number of hydrogen-bond donors (Lipinski definition) is 2. The molecule has 402 valence electrons. The third kappa shape index (κ3) is 53.0. The minimum Gasteiger partial charge on any atom is -0.756 e. The van der Waals surface area contributed by atoms with E-state index < -0.39 is 26.6 Å². The van der Waals surface area contributed by atoms with Crippen LogP contribution < -0.4 is 10.2 Å². The van der Waals surface area contributed by atoms with E-state index in [4.69, 9.17) is 9.05 Å². The molecule has 2 N–H and O–H groups in total. The van der Waals surface area contributed by atoms with Gasteiger partial charge in [-0.15, -0.1) is 0 Å². The summed E-state index contributed by atoms with van der Waals surface area (Å²) in [6.45, 7) is 4.52. The minimum absolute atomic E-state index is 0.00977. The smallest absolute Gasteiger partial charge is 0.268 e. The summed E-state index contributed by atoms with van der Waals surface area (Å²) >= 11 is 0. The Kier molecular flexibility index (Phi) is 49.0. The number of rotatable bonds is 50. The molecule has 0 aliphatic heterocycles. The van der Waals surface area contributed by atoms with E-state index in [0.717, 1.165) is 109 Å². The highest BCUT2D eigenvalue weighted by Crippen LogP contribution is 2.38. The molecule has 70 heavy (non-hydrogen) atoms. The second kappa shape index (κ2) is 51.1. The topological polar surface area (TPSA) is 108 Å². The van der Waals surface area contributed by atoms with Crippen LogP contribution in [-0.4, -0.2) is 68.5 Å². The molecule has 3 atom stereocenters. The maximum absolute atomic E-state index is 13.0. The number of phosphoric acid groups is 1. The first-order valence-corrected chi connectivity index (χ1v) is 29.7. The normalized spacial score (nSPS) is 14.8. The van der Waals surface area contributed by atoms with Gasteiger partial charge >= 0.3 is 0 Å². The van der Waals surface area contributed by atoms with Gasteiger partial charge < -0.3 is 28.8 Å². The number of aliphatic hydroxyl groups excluding tert-OH is 1. The maximum Gasteiger partial charge on any atom is 0.268 e. The Morgan fingerprint density at radius 2 is 0.871 bits per heavy atom. The molecule has 0 heterocycles. The number of allylic oxidation sites excluding steroid dienone is 17. The van der Waals surface area contributed by atoms with E-state index >= 15 is 0 Å². The first kappa shape index (κ1) is 67.2. The summed E-state index contributed by atoms with van der Waals surface area (Å²) in [7, 11) is 1.24. The van der Waals surface area contributed by atoms with E-state index in [9.17, 15) is 19.4 Å². The lowest BCUT2D eigenvalue weighted by Crippen LogP contribution is -2.45. The standard InChI is InChI=1S/C61H107N2O6P/c1-6-8-10-12-14-16-18-20-22-24-25-26-27-28-29-30-31-32-33-34-35-36-37-39-41-43-45-47-49-51-53-55-61(65)62-59(58-69-70(66,67)68-57-56-63(3,4)5)60(64)54-52-50-48-46-44-42-40-38-23-21-19-17-15-13-11-9-7-2/h8,10,14,16,20,22,25-26,28-29,31-32,34-35,37,39,52,54,59-60,64H,6-7,9,11-13,15,17-19,21,23-24,27,30,33,36,38,40-51,53,55-58H2,1-5H3,(H-,62,65,66,67)/b10-8-,16-14-,22-20-,26-25-,29-28-,32-31-,35-34-,39-37-,54-52+. The molecular weight excluding hydrogens is 888 g/mol. The van der Waals surface area contributed by atoms with Gasteiger partial charge in [0.05, 0.1) is 39.9 Å². The molecule has 0 aliphatic carbocycles. The van der Waals surface area contributed by atoms with Gasteiger partial charge in [0.2, 0.25) is 5.91 Å². The predicted molar refractivity (Wildman–Crippen MR) is 302 cm³/mol. The van der Waals surface area contributed by atoms with Gasteiger partial charge in [-0.25, -0.2) is 0 Å². The van der Waals surface area contributed by atoms with Gasteiger partial charge in [0.25, 0.3) is 7.82 Å². The molecule has 0 aromatic heterocycles. The van der Waals surface area contributed by atoms with E-state index in [-0.39, 0.29) is 12.5 Å². The molecule has 0 radical (unpaired) electrons. The van der Waals surface area contributed by atoms with Crippen LogP contribution in [-0.2, 0) is 18.4 Å². The lowest BCUT2D eigenvalue weighted by Gasteiger charge is -2.29. The molecule has 0 aliphatic rings. The summed E-state index contributed by atoms with van der Waals surface area (Å²) < 4.78 is 23.3. The fraction of sp³-hybridized carbons (Fsp3) is 0.689. The third-order valence-electron chi connectivity index (χ3n) is 12.0. The average Bonchev–Trinajstić information content (AvgIpc) is 3.32. The number of quaternary nitrogens is 1. The van der Waals surface area contributed by atoms with Crippen molar-refractivity contribution in [3.8, 4) is 0 Å². The summed E-state index contributed by atoms with van der Waals surface area (Å²) in [5.41, 5.74) is 0. The first-order chi connectivity index (χ1) is 34.0. The van der Waals surface area contributed by atoms with Crippen LogP contribution in [0.5, 0.6) is 0 Å². The van der Waals surface area contributed by atoms with Crippen LogP contribution >= 0.6 is 7.82 Å². The Bertz CT molecular complexity index is 1500. The molecule has 0 spiro atoms. The number of hydrogen-bond acceptors (Lipinski definition) is 6. The average molecular weight is 996 g/mol. The lowest BCUT2D eigenvalue weighted by atomic mass is 10.0. The summed E-state index contributed by atoms with van der Waals surface area (Å²) in [6, 6.07) is -0.903. The van der Waals surface area contributed by atoms with Crippen molar-refractivity contribution in [1.82, 2.24) is 5.32 Å². The van der Waals surface area contributed by atoms with Crippen LogP contribution in [0.4, 0.5) is 0 Å². The zero-order chi connectivity index (χ0) is 51.3. The molecule has 3 unspecified atom stereocenters. The van der Waals surface area contributed by atoms with E-state index in [1.165, 1.54) is 89.9 Å². The predicted octanol–water partition coefficient (Wildman–Crippen LogP) is 16.6. The van der Waals surface area contributed by atoms with Crippen molar-refractivity contribution in [2.45, 2.75) is 231 Å². The number of aliphatic hydroxyl groups is 1. The van der Waals surface area contributed by atoms with Gasteiger partial charge in [0, 0.05) is 6.42 Å². The lowest BCUT2D eigenvalue weighted by molar-refractivity contribution is -0.870. The number of carbonyl (C=O) groups excluding carboxylic acids is 1. The Labute approximate surface area is 431 Å². The van der Waals surface area contributed by atoms with E-state index in [1.54, 1.807) is 6.08 Å². The van der Waals surface area contributed by atoms with Gasteiger partial charge in [0.15, 0.2) is 0 Å². The molecule has 0 bridgehead atoms. The number of amides is 1. The minimum atomic E-state index is -4.61. The summed E-state index contributed by atoms with van der Waals surface area (Å²) in [5, 5.41) is 13.9. The van der Waals surface area contributed by atoms with Crippen LogP contribution in [0.15, 0.2) is 109 Å². The number of carbonyl (C=O) groups is 1. The highest BCUT2D eigenvalue weighted by atomic mass is 31.2. The van der Waals surface area contributed by atoms with Gasteiger partial charge in [-0.3, -0.25) is 9.36 Å². The van der Waals surface area contributed by atoms with Gasteiger partial charge in [0.1, 0.15) is 13.2 Å². The Morgan fingerprint density at radius 1 is 0.514 bits per heavy atom. The van der Waals surface area contributed by atoms with Gasteiger partial charge in [-0.1, -0.05) is 239 Å². The van der Waals surface area contributed by atoms with Crippen molar-refractivity contribution in [3.05, 3.63) is 109 Å². The number of nitrogens with one attached hydrogen (secondary N) is 1. The number of likely N-dealkylation sites (N-methyl/N-ethyl adjacent to an activating group) is 1. The monoisotopic (exact) mass is 995 g/mol. The third-order valence-corrected chi connectivity index (χ3v) is 13.0. The van der Waals surface area contributed by atoms with Crippen molar-refractivity contribution in [1.29, 1.82) is 0 Å². The summed E-state index contributed by atoms with van der Waals surface area (Å²) in [5.74, 6) is -0.216. The highest BCUT2D eigenvalue weighted by Gasteiger charge is 2.23. The molecule has 0 fully saturated rings. The number of phosphoric ester groups is 1. The first-order valence-electron chi connectivity index (χ1n) is 28.2. The van der Waals surface area contributed by atoms with Gasteiger partial charge in [-0.05, 0) is 83.5 Å². The fourth-order valence-electron chi connectivity index (χ4n) is 7.58. The second-order valence-corrected chi connectivity index (χ2v) is 21.3. The molecule has 9 heteroatoms. The summed E-state index contributed by atoms with van der Waals surface area (Å²) in [6.07, 6.45) is 74.4. The van der Waals surface area contributed by atoms with Crippen LogP contribution in [0, 0.1) is 0 Å². The molecule has 0 saturated carbocycles. The largest absolute Gasteiger partial charge is 0.756 e. The van der Waals surface area contributed by atoms with Crippen LogP contribution in [0.1, 0.15) is 219 Å². The molecular formula is C61H107N2O6P. The molecule has 0 aromatic carbocycles. The van der Waals surface area contributed by atoms with Crippen LogP contribution in [0.3, 0.4) is 0 Å². The van der Waals surface area contributed by atoms with E-state index in [2.05, 4.69) is 116 Å². The summed E-state index contributed by atoms with van der Waals surface area (Å²) in [4.78, 5) is 25.5. The molecule has 8 nitrogen and oxygen atoms in total. The zero-order valence-electron chi connectivity index (χ0n) is 45.7. The molecule has 0 saturated heterocycles. The van der Waals surface area contributed by atoms with E-state index in [0.29, 0.717) is 17.4 Å². The maximum atomic E-state index is 13.0. The van der Waals surface area contributed by atoms with Crippen molar-refractivity contribution in [2.24, 2.45) is 0 Å². The van der Waals surface area contributed by atoms with Crippen LogP contribution in [0.2, 0.25) is 0 Å². The molecule has 1 amide bonds. The van der Waals surface area contributed by atoms with Crippen LogP contribution in [0.25, 0.3) is 0 Å². The second-order valence-electron chi connectivity index (χ2n) is 19.9. The number of unbranched alkanes of at least 4 members (excludes halogenated alkanes) is 21. The highest BCUT2D eigenvalue weighted by molar-refractivity contribution is 7.45. The Balaban J connectivity index is 4.28. The van der Waals surface area contributed by atoms with E-state index in [1.807, 2.05) is 27.2 Å². The number of nitrogens with zero attached hydrogens (tertiary/aromatic N) is 1. The quantitative estimate of drug-likeness (QED) is 0.0272. The van der Waals surface area contributed by atoms with Crippen molar-refractivity contribution in [2.75, 3.05) is 40.9 Å². The van der Waals surface area contributed by atoms with Crippen molar-refractivity contribution < 1.29 is 32.9 Å².